The molecule has 0 aromatic heterocycles. The second kappa shape index (κ2) is 10.1. The molecule has 0 aliphatic rings. The lowest BCUT2D eigenvalue weighted by atomic mass is 10.3. The molecule has 0 aliphatic carbocycles. The molecule has 2 rings (SSSR count). The summed E-state index contributed by atoms with van der Waals surface area (Å²) in [6.45, 7) is 14.5. The van der Waals surface area contributed by atoms with E-state index in [2.05, 4.69) is 26.3 Å². The predicted molar refractivity (Wildman–Crippen MR) is 117 cm³/mol. The molecule has 5 heteroatoms. The van der Waals surface area contributed by atoms with Crippen molar-refractivity contribution in [2.45, 2.75) is 9.79 Å². The van der Waals surface area contributed by atoms with Gasteiger partial charge in [0.25, 0.3) is 0 Å². The Bertz CT molecular complexity index is 973. The van der Waals surface area contributed by atoms with Crippen LogP contribution >= 0.6 is 0 Å². The fourth-order valence-corrected chi connectivity index (χ4v) is 3.56. The zero-order chi connectivity index (χ0) is 21.3. The third-order valence-electron chi connectivity index (χ3n) is 3.71. The highest BCUT2D eigenvalue weighted by atomic mass is 32.2. The third kappa shape index (κ3) is 5.70. The van der Waals surface area contributed by atoms with Crippen LogP contribution in [0.15, 0.2) is 133 Å². The maximum absolute atomic E-state index is 12.9. The molecule has 0 amide bonds. The molecular formula is C24H22O4S. The van der Waals surface area contributed by atoms with E-state index in [1.54, 1.807) is 48.6 Å². The van der Waals surface area contributed by atoms with Crippen molar-refractivity contribution >= 4 is 9.84 Å². The SMILES string of the molecule is C=C/C=C(\C=C)Oc1ccc(S(=O)(=O)c2ccc(O/C(C=C)=C/C=C)cc2)cc1. The second-order valence-electron chi connectivity index (χ2n) is 5.67. The lowest BCUT2D eigenvalue weighted by Gasteiger charge is -2.09. The molecule has 2 aromatic carbocycles. The van der Waals surface area contributed by atoms with Crippen LogP contribution in [0.3, 0.4) is 0 Å². The van der Waals surface area contributed by atoms with E-state index in [0.29, 0.717) is 23.0 Å². The molecule has 148 valence electrons. The van der Waals surface area contributed by atoms with Gasteiger partial charge in [-0.15, -0.1) is 0 Å². The van der Waals surface area contributed by atoms with Gasteiger partial charge < -0.3 is 9.47 Å². The Morgan fingerprint density at radius 2 is 1.00 bits per heavy atom. The Morgan fingerprint density at radius 3 is 1.28 bits per heavy atom. The van der Waals surface area contributed by atoms with Crippen molar-refractivity contribution in [2.75, 3.05) is 0 Å². The Balaban J connectivity index is 2.22. The van der Waals surface area contributed by atoms with Gasteiger partial charge in [-0.3, -0.25) is 0 Å². The molecule has 0 fully saturated rings. The zero-order valence-corrected chi connectivity index (χ0v) is 16.8. The average Bonchev–Trinajstić information content (AvgIpc) is 2.74. The summed E-state index contributed by atoms with van der Waals surface area (Å²) in [7, 11) is -3.67. The van der Waals surface area contributed by atoms with Gasteiger partial charge in [-0.25, -0.2) is 8.42 Å². The Hall–Kier alpha value is -3.57. The first-order chi connectivity index (χ1) is 13.9. The maximum Gasteiger partial charge on any atom is 0.206 e. The molecule has 0 aliphatic heterocycles. The van der Waals surface area contributed by atoms with Crippen LogP contribution in [0.2, 0.25) is 0 Å². The first-order valence-electron chi connectivity index (χ1n) is 8.66. The third-order valence-corrected chi connectivity index (χ3v) is 5.49. The van der Waals surface area contributed by atoms with E-state index in [4.69, 9.17) is 9.47 Å². The quantitative estimate of drug-likeness (QED) is 0.370. The van der Waals surface area contributed by atoms with E-state index >= 15 is 0 Å². The van der Waals surface area contributed by atoms with E-state index in [1.807, 2.05) is 0 Å². The predicted octanol–water partition coefficient (Wildman–Crippen LogP) is 5.79. The summed E-state index contributed by atoms with van der Waals surface area (Å²) in [6.07, 6.45) is 9.55. The number of hydrogen-bond donors (Lipinski definition) is 0. The summed E-state index contributed by atoms with van der Waals surface area (Å²) in [5.74, 6) is 2.00. The largest absolute Gasteiger partial charge is 0.457 e. The standard InChI is InChI=1S/C24H22O4S/c1-5-9-19(7-3)27-21-11-15-23(16-12-21)29(25,26)24-17-13-22(14-18-24)28-20(8-4)10-6-2/h5-18H,1-4H2/b19-9+,20-10+. The molecule has 0 heterocycles. The molecular weight excluding hydrogens is 384 g/mol. The highest BCUT2D eigenvalue weighted by Gasteiger charge is 2.18. The van der Waals surface area contributed by atoms with Gasteiger partial charge in [-0.2, -0.15) is 0 Å². The number of hydrogen-bond acceptors (Lipinski definition) is 4. The first-order valence-corrected chi connectivity index (χ1v) is 10.1. The second-order valence-corrected chi connectivity index (χ2v) is 7.62. The van der Waals surface area contributed by atoms with Gasteiger partial charge in [0.05, 0.1) is 9.79 Å². The fourth-order valence-electron chi connectivity index (χ4n) is 2.30. The monoisotopic (exact) mass is 406 g/mol. The van der Waals surface area contributed by atoms with E-state index in [-0.39, 0.29) is 9.79 Å². The lowest BCUT2D eigenvalue weighted by molar-refractivity contribution is 0.444. The van der Waals surface area contributed by atoms with Crippen LogP contribution in [0.5, 0.6) is 11.5 Å². The average molecular weight is 407 g/mol. The molecule has 29 heavy (non-hydrogen) atoms. The van der Waals surface area contributed by atoms with Gasteiger partial charge in [0.1, 0.15) is 23.0 Å². The highest BCUT2D eigenvalue weighted by molar-refractivity contribution is 7.91. The molecule has 0 spiro atoms. The summed E-state index contributed by atoms with van der Waals surface area (Å²) in [5.41, 5.74) is 0. The van der Waals surface area contributed by atoms with Gasteiger partial charge in [0, 0.05) is 0 Å². The minimum absolute atomic E-state index is 0.157. The topological polar surface area (TPSA) is 52.6 Å². The van der Waals surface area contributed by atoms with Crippen LogP contribution in [0, 0.1) is 0 Å². The summed E-state index contributed by atoms with van der Waals surface area (Å²) in [4.78, 5) is 0.314. The molecule has 0 saturated carbocycles. The van der Waals surface area contributed by atoms with Crippen molar-refractivity contribution < 1.29 is 17.9 Å². The van der Waals surface area contributed by atoms with Gasteiger partial charge in [-0.1, -0.05) is 38.5 Å². The zero-order valence-electron chi connectivity index (χ0n) is 16.0. The van der Waals surface area contributed by atoms with E-state index in [1.165, 1.54) is 36.4 Å². The van der Waals surface area contributed by atoms with Crippen LogP contribution in [-0.4, -0.2) is 8.42 Å². The molecule has 0 bridgehead atoms. The Morgan fingerprint density at radius 1 is 0.655 bits per heavy atom. The number of sulfone groups is 1. The van der Waals surface area contributed by atoms with Crippen molar-refractivity contribution in [3.63, 3.8) is 0 Å². The van der Waals surface area contributed by atoms with E-state index < -0.39 is 9.84 Å². The van der Waals surface area contributed by atoms with Crippen LogP contribution < -0.4 is 9.47 Å². The van der Waals surface area contributed by atoms with Gasteiger partial charge in [-0.05, 0) is 72.8 Å². The maximum atomic E-state index is 12.9. The molecule has 4 nitrogen and oxygen atoms in total. The fraction of sp³-hybridized carbons (Fsp3) is 0. The number of benzene rings is 2. The van der Waals surface area contributed by atoms with Crippen LogP contribution in [-0.2, 0) is 9.84 Å². The molecule has 0 unspecified atom stereocenters. The summed E-state index contributed by atoms with van der Waals surface area (Å²) >= 11 is 0. The van der Waals surface area contributed by atoms with Crippen molar-refractivity contribution in [1.29, 1.82) is 0 Å². The van der Waals surface area contributed by atoms with Crippen molar-refractivity contribution in [3.05, 3.63) is 123 Å². The van der Waals surface area contributed by atoms with Crippen LogP contribution in [0.4, 0.5) is 0 Å². The molecule has 0 radical (unpaired) electrons. The summed E-state index contributed by atoms with van der Waals surface area (Å²) in [5, 5.41) is 0. The van der Waals surface area contributed by atoms with Gasteiger partial charge in [0.15, 0.2) is 0 Å². The van der Waals surface area contributed by atoms with E-state index in [9.17, 15) is 8.42 Å². The molecule has 0 saturated heterocycles. The van der Waals surface area contributed by atoms with Gasteiger partial charge in [0.2, 0.25) is 9.84 Å². The molecule has 0 N–H and O–H groups in total. The van der Waals surface area contributed by atoms with Crippen molar-refractivity contribution in [2.24, 2.45) is 0 Å². The highest BCUT2D eigenvalue weighted by Crippen LogP contribution is 2.26. The Kier molecular flexibility index (Phi) is 7.57. The lowest BCUT2D eigenvalue weighted by Crippen LogP contribution is -2.02. The van der Waals surface area contributed by atoms with E-state index in [0.717, 1.165) is 0 Å². The molecule has 2 aromatic rings. The van der Waals surface area contributed by atoms with Gasteiger partial charge >= 0.3 is 0 Å². The number of allylic oxidation sites excluding steroid dienone is 6. The smallest absolute Gasteiger partial charge is 0.206 e. The summed E-state index contributed by atoms with van der Waals surface area (Å²) in [6, 6.07) is 12.3. The first kappa shape index (κ1) is 21.7. The van der Waals surface area contributed by atoms with Crippen LogP contribution in [0.1, 0.15) is 0 Å². The Labute approximate surface area is 172 Å². The van der Waals surface area contributed by atoms with Crippen molar-refractivity contribution in [1.82, 2.24) is 0 Å². The normalized spacial score (nSPS) is 12.0. The van der Waals surface area contributed by atoms with Crippen molar-refractivity contribution in [3.8, 4) is 11.5 Å². The minimum atomic E-state index is -3.67. The molecule has 0 atom stereocenters. The van der Waals surface area contributed by atoms with Crippen LogP contribution in [0.25, 0.3) is 0 Å². The minimum Gasteiger partial charge on any atom is -0.457 e. The number of ether oxygens (including phenoxy) is 2. The summed E-state index contributed by atoms with van der Waals surface area (Å²) < 4.78 is 36.9. The number of rotatable bonds is 10.